The molecular weight excluding hydrogens is 332 g/mol. The Hall–Kier alpha value is -2.11. The largest absolute Gasteiger partial charge is 0.494 e. The molecule has 0 saturated carbocycles. The minimum Gasteiger partial charge on any atom is -0.494 e. The van der Waals surface area contributed by atoms with Gasteiger partial charge in [0.25, 0.3) is 5.56 Å². The Kier molecular flexibility index (Phi) is 4.79. The number of ether oxygens (including phenoxy) is 1. The minimum absolute atomic E-state index is 0.110. The van der Waals surface area contributed by atoms with Crippen molar-refractivity contribution >= 4 is 23.4 Å². The first-order chi connectivity index (χ1) is 11.2. The quantitative estimate of drug-likeness (QED) is 0.707. The monoisotopic (exact) mass is 346 g/mol. The lowest BCUT2D eigenvalue weighted by molar-refractivity contribution is 0.411. The third-order valence-corrected chi connectivity index (χ3v) is 4.62. The molecule has 0 aliphatic heterocycles. The molecule has 0 unspecified atom stereocenters. The average molecular weight is 347 g/mol. The highest BCUT2D eigenvalue weighted by molar-refractivity contribution is 7.98. The molecular formula is C17H15ClN2O2S. The maximum atomic E-state index is 12.2. The van der Waals surface area contributed by atoms with Gasteiger partial charge in [0.15, 0.2) is 0 Å². The van der Waals surface area contributed by atoms with Gasteiger partial charge in [-0.3, -0.25) is 9.89 Å². The molecule has 3 aromatic rings. The summed E-state index contributed by atoms with van der Waals surface area (Å²) in [4.78, 5) is 13.3. The van der Waals surface area contributed by atoms with Crippen molar-refractivity contribution in [3.05, 3.63) is 75.7 Å². The number of hydrogen-bond donors (Lipinski definition) is 1. The fraction of sp³-hybridized carbons (Fsp3) is 0.118. The Balaban J connectivity index is 1.81. The van der Waals surface area contributed by atoms with Crippen LogP contribution < -0.4 is 10.3 Å². The number of para-hydroxylation sites is 2. The van der Waals surface area contributed by atoms with E-state index in [-0.39, 0.29) is 5.56 Å². The zero-order valence-corrected chi connectivity index (χ0v) is 14.0. The third-order valence-electron chi connectivity index (χ3n) is 3.31. The summed E-state index contributed by atoms with van der Waals surface area (Å²) in [6, 6.07) is 16.6. The number of rotatable bonds is 5. The lowest BCUT2D eigenvalue weighted by Gasteiger charge is -2.08. The van der Waals surface area contributed by atoms with Crippen LogP contribution in [0.1, 0.15) is 5.69 Å². The molecule has 0 amide bonds. The van der Waals surface area contributed by atoms with Crippen LogP contribution in [0.5, 0.6) is 5.75 Å². The molecule has 0 fully saturated rings. The smallest absolute Gasteiger partial charge is 0.271 e. The van der Waals surface area contributed by atoms with Crippen LogP contribution in [0.4, 0.5) is 0 Å². The summed E-state index contributed by atoms with van der Waals surface area (Å²) < 4.78 is 6.80. The van der Waals surface area contributed by atoms with Gasteiger partial charge in [-0.05, 0) is 36.4 Å². The molecule has 3 rings (SSSR count). The number of nitrogens with zero attached hydrogens (tertiary/aromatic N) is 1. The van der Waals surface area contributed by atoms with Crippen LogP contribution >= 0.6 is 23.4 Å². The van der Waals surface area contributed by atoms with E-state index in [1.807, 2.05) is 48.5 Å². The van der Waals surface area contributed by atoms with E-state index in [0.717, 1.165) is 10.6 Å². The van der Waals surface area contributed by atoms with E-state index in [0.29, 0.717) is 22.2 Å². The first kappa shape index (κ1) is 15.8. The van der Waals surface area contributed by atoms with Gasteiger partial charge in [0, 0.05) is 27.4 Å². The molecule has 0 aliphatic carbocycles. The van der Waals surface area contributed by atoms with Crippen molar-refractivity contribution in [1.82, 2.24) is 9.78 Å². The molecule has 0 spiro atoms. The van der Waals surface area contributed by atoms with Gasteiger partial charge in [-0.2, -0.15) is 0 Å². The molecule has 1 N–H and O–H groups in total. The van der Waals surface area contributed by atoms with Gasteiger partial charge in [-0.1, -0.05) is 23.7 Å². The fourth-order valence-electron chi connectivity index (χ4n) is 2.20. The van der Waals surface area contributed by atoms with Gasteiger partial charge >= 0.3 is 0 Å². The molecule has 118 valence electrons. The van der Waals surface area contributed by atoms with Crippen LogP contribution in [-0.2, 0) is 5.75 Å². The molecule has 23 heavy (non-hydrogen) atoms. The van der Waals surface area contributed by atoms with E-state index in [9.17, 15) is 4.79 Å². The number of benzene rings is 2. The SMILES string of the molecule is COc1ccccc1-n1[nH]c(CSc2ccc(Cl)cc2)cc1=O. The molecule has 1 aromatic heterocycles. The average Bonchev–Trinajstić information content (AvgIpc) is 2.95. The number of aromatic amines is 1. The van der Waals surface area contributed by atoms with Crippen molar-refractivity contribution in [2.24, 2.45) is 0 Å². The number of thioether (sulfide) groups is 1. The molecule has 2 aromatic carbocycles. The highest BCUT2D eigenvalue weighted by Crippen LogP contribution is 2.24. The van der Waals surface area contributed by atoms with Gasteiger partial charge in [0.1, 0.15) is 11.4 Å². The van der Waals surface area contributed by atoms with Crippen molar-refractivity contribution in [2.45, 2.75) is 10.6 Å². The molecule has 0 aliphatic rings. The summed E-state index contributed by atoms with van der Waals surface area (Å²) in [5, 5.41) is 3.84. The Morgan fingerprint density at radius 1 is 1.17 bits per heavy atom. The van der Waals surface area contributed by atoms with E-state index >= 15 is 0 Å². The number of nitrogens with one attached hydrogen (secondary N) is 1. The molecule has 6 heteroatoms. The van der Waals surface area contributed by atoms with Crippen LogP contribution in [0.3, 0.4) is 0 Å². The summed E-state index contributed by atoms with van der Waals surface area (Å²) in [7, 11) is 1.59. The third kappa shape index (κ3) is 3.63. The van der Waals surface area contributed by atoms with Gasteiger partial charge in [-0.25, -0.2) is 4.68 Å². The van der Waals surface area contributed by atoms with Gasteiger partial charge in [0.2, 0.25) is 0 Å². The first-order valence-electron chi connectivity index (χ1n) is 7.00. The number of halogens is 1. The lowest BCUT2D eigenvalue weighted by atomic mass is 10.3. The number of hydrogen-bond acceptors (Lipinski definition) is 3. The number of aromatic nitrogens is 2. The highest BCUT2D eigenvalue weighted by Gasteiger charge is 2.09. The Morgan fingerprint density at radius 3 is 2.65 bits per heavy atom. The second-order valence-corrected chi connectivity index (χ2v) is 6.35. The van der Waals surface area contributed by atoms with Crippen molar-refractivity contribution in [3.8, 4) is 11.4 Å². The summed E-state index contributed by atoms with van der Waals surface area (Å²) in [5.74, 6) is 1.31. The Bertz CT molecular complexity index is 856. The lowest BCUT2D eigenvalue weighted by Crippen LogP contribution is -2.14. The van der Waals surface area contributed by atoms with Gasteiger partial charge in [0.05, 0.1) is 7.11 Å². The van der Waals surface area contributed by atoms with Crippen LogP contribution in [0.25, 0.3) is 5.69 Å². The molecule has 0 bridgehead atoms. The van der Waals surface area contributed by atoms with Crippen LogP contribution in [-0.4, -0.2) is 16.9 Å². The van der Waals surface area contributed by atoms with Crippen LogP contribution in [0.15, 0.2) is 64.3 Å². The zero-order valence-electron chi connectivity index (χ0n) is 12.5. The molecule has 0 radical (unpaired) electrons. The van der Waals surface area contributed by atoms with Crippen molar-refractivity contribution in [2.75, 3.05) is 7.11 Å². The summed E-state index contributed by atoms with van der Waals surface area (Å²) >= 11 is 7.51. The van der Waals surface area contributed by atoms with Crippen LogP contribution in [0.2, 0.25) is 5.02 Å². The zero-order chi connectivity index (χ0) is 16.2. The fourth-order valence-corrected chi connectivity index (χ4v) is 3.13. The standard InChI is InChI=1S/C17H15ClN2O2S/c1-22-16-5-3-2-4-15(16)20-17(21)10-13(19-20)11-23-14-8-6-12(18)7-9-14/h2-10,19H,11H2,1H3. The number of H-pyrrole nitrogens is 1. The Morgan fingerprint density at radius 2 is 1.91 bits per heavy atom. The second-order valence-electron chi connectivity index (χ2n) is 4.87. The van der Waals surface area contributed by atoms with Gasteiger partial charge in [-0.15, -0.1) is 11.8 Å². The Labute approximate surface area is 143 Å². The van der Waals surface area contributed by atoms with E-state index in [4.69, 9.17) is 16.3 Å². The maximum absolute atomic E-state index is 12.2. The van der Waals surface area contributed by atoms with Crippen molar-refractivity contribution in [3.63, 3.8) is 0 Å². The first-order valence-corrected chi connectivity index (χ1v) is 8.36. The second kappa shape index (κ2) is 6.98. The van der Waals surface area contributed by atoms with Crippen molar-refractivity contribution in [1.29, 1.82) is 0 Å². The normalized spacial score (nSPS) is 10.7. The van der Waals surface area contributed by atoms with Crippen LogP contribution in [0, 0.1) is 0 Å². The molecule has 0 atom stereocenters. The van der Waals surface area contributed by atoms with Crippen molar-refractivity contribution < 1.29 is 4.74 Å². The summed E-state index contributed by atoms with van der Waals surface area (Å²) in [6.45, 7) is 0. The number of methoxy groups -OCH3 is 1. The molecule has 1 heterocycles. The molecule has 4 nitrogen and oxygen atoms in total. The van der Waals surface area contributed by atoms with E-state index in [2.05, 4.69) is 5.10 Å². The predicted octanol–water partition coefficient (Wildman–Crippen LogP) is 4.12. The topological polar surface area (TPSA) is 47.0 Å². The maximum Gasteiger partial charge on any atom is 0.271 e. The summed E-state index contributed by atoms with van der Waals surface area (Å²) in [6.07, 6.45) is 0. The minimum atomic E-state index is -0.110. The highest BCUT2D eigenvalue weighted by atomic mass is 35.5. The predicted molar refractivity (Wildman–Crippen MR) is 94.0 cm³/mol. The van der Waals surface area contributed by atoms with E-state index in [1.165, 1.54) is 4.68 Å². The molecule has 0 saturated heterocycles. The van der Waals surface area contributed by atoms with Gasteiger partial charge < -0.3 is 4.74 Å². The van der Waals surface area contributed by atoms with E-state index in [1.54, 1.807) is 24.9 Å². The summed E-state index contributed by atoms with van der Waals surface area (Å²) in [5.41, 5.74) is 1.44. The van der Waals surface area contributed by atoms with E-state index < -0.39 is 0 Å².